The molecule has 27 heavy (non-hydrogen) atoms. The van der Waals surface area contributed by atoms with Gasteiger partial charge in [0.05, 0.1) is 21.2 Å². The molecule has 3 aromatic rings. The molecule has 0 saturated heterocycles. The van der Waals surface area contributed by atoms with Gasteiger partial charge >= 0.3 is 5.97 Å². The molecule has 0 bridgehead atoms. The number of thiazole rings is 1. The normalized spacial score (nSPS) is 11.3. The number of esters is 1. The number of benzene rings is 2. The fourth-order valence-electron chi connectivity index (χ4n) is 2.26. The van der Waals surface area contributed by atoms with Crippen molar-refractivity contribution in [2.24, 2.45) is 0 Å². The maximum absolute atomic E-state index is 12.2. The monoisotopic (exact) mass is 422 g/mol. The number of sulfonamides is 1. The maximum Gasteiger partial charge on any atom is 0.338 e. The van der Waals surface area contributed by atoms with E-state index in [1.807, 2.05) is 18.2 Å². The molecule has 6 nitrogen and oxygen atoms in total. The van der Waals surface area contributed by atoms with E-state index in [9.17, 15) is 13.2 Å². The van der Waals surface area contributed by atoms with Crippen LogP contribution in [0.25, 0.3) is 10.6 Å². The van der Waals surface area contributed by atoms with E-state index in [4.69, 9.17) is 16.3 Å². The Morgan fingerprint density at radius 2 is 2.00 bits per heavy atom. The van der Waals surface area contributed by atoms with E-state index in [0.717, 1.165) is 10.6 Å². The number of carbonyl (C=O) groups excluding carboxylic acids is 1. The van der Waals surface area contributed by atoms with Crippen LogP contribution in [0, 0.1) is 0 Å². The molecule has 0 saturated carbocycles. The highest BCUT2D eigenvalue weighted by atomic mass is 35.5. The minimum atomic E-state index is -3.63. The summed E-state index contributed by atoms with van der Waals surface area (Å²) in [5.41, 5.74) is 1.54. The van der Waals surface area contributed by atoms with Crippen molar-refractivity contribution in [2.45, 2.75) is 11.5 Å². The first kappa shape index (κ1) is 19.5. The number of carbonyl (C=O) groups is 1. The van der Waals surface area contributed by atoms with Gasteiger partial charge in [-0.25, -0.2) is 22.9 Å². The zero-order chi connectivity index (χ0) is 19.4. The number of nitrogens with one attached hydrogen (secondary N) is 1. The number of rotatable bonds is 6. The highest BCUT2D eigenvalue weighted by Crippen LogP contribution is 2.30. The third-order valence-corrected chi connectivity index (χ3v) is 6.32. The van der Waals surface area contributed by atoms with Crippen molar-refractivity contribution in [1.29, 1.82) is 0 Å². The van der Waals surface area contributed by atoms with Crippen LogP contribution in [-0.2, 0) is 21.4 Å². The molecule has 0 atom stereocenters. The molecular weight excluding hydrogens is 408 g/mol. The minimum absolute atomic E-state index is 0.00545. The summed E-state index contributed by atoms with van der Waals surface area (Å²) in [6, 6.07) is 13.0. The van der Waals surface area contributed by atoms with Gasteiger partial charge in [0.15, 0.2) is 0 Å². The largest absolute Gasteiger partial charge is 0.456 e. The highest BCUT2D eigenvalue weighted by molar-refractivity contribution is 7.89. The summed E-state index contributed by atoms with van der Waals surface area (Å²) in [5.74, 6) is -0.629. The topological polar surface area (TPSA) is 85.4 Å². The number of ether oxygens (including phenoxy) is 1. The van der Waals surface area contributed by atoms with Gasteiger partial charge in [0, 0.05) is 10.9 Å². The van der Waals surface area contributed by atoms with Crippen molar-refractivity contribution in [3.05, 3.63) is 70.2 Å². The van der Waals surface area contributed by atoms with Crippen LogP contribution < -0.4 is 4.72 Å². The Balaban J connectivity index is 1.70. The van der Waals surface area contributed by atoms with E-state index in [0.29, 0.717) is 10.7 Å². The Morgan fingerprint density at radius 3 is 2.74 bits per heavy atom. The Bertz CT molecular complexity index is 1080. The van der Waals surface area contributed by atoms with Gasteiger partial charge in [-0.2, -0.15) is 0 Å². The van der Waals surface area contributed by atoms with Crippen molar-refractivity contribution in [2.75, 3.05) is 7.05 Å². The molecule has 0 aliphatic carbocycles. The van der Waals surface area contributed by atoms with E-state index in [1.54, 1.807) is 11.4 Å². The zero-order valence-electron chi connectivity index (χ0n) is 14.2. The molecular formula is C18H15ClN2O4S2. The second-order valence-corrected chi connectivity index (χ2v) is 8.59. The zero-order valence-corrected chi connectivity index (χ0v) is 16.6. The fourth-order valence-corrected chi connectivity index (χ4v) is 4.16. The first-order valence-corrected chi connectivity index (χ1v) is 10.5. The molecule has 9 heteroatoms. The molecule has 0 aliphatic heterocycles. The predicted molar refractivity (Wildman–Crippen MR) is 104 cm³/mol. The van der Waals surface area contributed by atoms with E-state index in [2.05, 4.69) is 9.71 Å². The standard InChI is InChI=1S/C18H15ClN2O4S2/c1-20-27(23,24)14-6-4-5-12(9-14)18(22)25-10-13-11-26-17(21-13)15-7-2-3-8-16(15)19/h2-9,11,20H,10H2,1H3. The second kappa shape index (κ2) is 8.18. The lowest BCUT2D eigenvalue weighted by Crippen LogP contribution is -2.19. The van der Waals surface area contributed by atoms with Gasteiger partial charge in [0.1, 0.15) is 11.6 Å². The summed E-state index contributed by atoms with van der Waals surface area (Å²) in [7, 11) is -2.33. The summed E-state index contributed by atoms with van der Waals surface area (Å²) in [6.45, 7) is -0.0250. The van der Waals surface area contributed by atoms with E-state index >= 15 is 0 Å². The summed E-state index contributed by atoms with van der Waals surface area (Å²) >= 11 is 7.56. The lowest BCUT2D eigenvalue weighted by Gasteiger charge is -2.06. The summed E-state index contributed by atoms with van der Waals surface area (Å²) in [6.07, 6.45) is 0. The van der Waals surface area contributed by atoms with Gasteiger partial charge < -0.3 is 4.74 Å². The average Bonchev–Trinajstić information content (AvgIpc) is 3.15. The third-order valence-electron chi connectivity index (χ3n) is 3.66. The van der Waals surface area contributed by atoms with Gasteiger partial charge in [-0.1, -0.05) is 35.9 Å². The molecule has 1 heterocycles. The van der Waals surface area contributed by atoms with Crippen molar-refractivity contribution in [3.8, 4) is 10.6 Å². The molecule has 0 spiro atoms. The van der Waals surface area contributed by atoms with E-state index < -0.39 is 16.0 Å². The maximum atomic E-state index is 12.2. The van der Waals surface area contributed by atoms with Crippen LogP contribution in [0.4, 0.5) is 0 Å². The third kappa shape index (κ3) is 4.54. The molecule has 1 aromatic heterocycles. The second-order valence-electron chi connectivity index (χ2n) is 5.44. The number of aromatic nitrogens is 1. The van der Waals surface area contributed by atoms with Gasteiger partial charge in [-0.05, 0) is 31.3 Å². The number of hydrogen-bond acceptors (Lipinski definition) is 6. The molecule has 2 aromatic carbocycles. The van der Waals surface area contributed by atoms with E-state index in [1.165, 1.54) is 42.6 Å². The molecule has 0 aliphatic rings. The number of halogens is 1. The Morgan fingerprint density at radius 1 is 1.22 bits per heavy atom. The lowest BCUT2D eigenvalue weighted by atomic mass is 10.2. The van der Waals surface area contributed by atoms with Crippen LogP contribution in [-0.4, -0.2) is 26.4 Å². The smallest absolute Gasteiger partial charge is 0.338 e. The highest BCUT2D eigenvalue weighted by Gasteiger charge is 2.16. The van der Waals surface area contributed by atoms with Crippen LogP contribution in [0.3, 0.4) is 0 Å². The van der Waals surface area contributed by atoms with Crippen LogP contribution >= 0.6 is 22.9 Å². The molecule has 0 fully saturated rings. The predicted octanol–water partition coefficient (Wildman–Crippen LogP) is 3.73. The molecule has 0 amide bonds. The van der Waals surface area contributed by atoms with Gasteiger partial charge in [0.25, 0.3) is 0 Å². The van der Waals surface area contributed by atoms with Gasteiger partial charge in [-0.15, -0.1) is 11.3 Å². The summed E-state index contributed by atoms with van der Waals surface area (Å²) < 4.78 is 31.1. The average molecular weight is 423 g/mol. The SMILES string of the molecule is CNS(=O)(=O)c1cccc(C(=O)OCc2csc(-c3ccccc3Cl)n2)c1. The Kier molecular flexibility index (Phi) is 5.91. The first-order valence-electron chi connectivity index (χ1n) is 7.81. The minimum Gasteiger partial charge on any atom is -0.456 e. The lowest BCUT2D eigenvalue weighted by molar-refractivity contribution is 0.0468. The van der Waals surface area contributed by atoms with Crippen molar-refractivity contribution < 1.29 is 17.9 Å². The van der Waals surface area contributed by atoms with Gasteiger partial charge in [-0.3, -0.25) is 0 Å². The summed E-state index contributed by atoms with van der Waals surface area (Å²) in [5, 5.41) is 3.11. The molecule has 1 N–H and O–H groups in total. The van der Waals surface area contributed by atoms with E-state index in [-0.39, 0.29) is 17.1 Å². The van der Waals surface area contributed by atoms with Gasteiger partial charge in [0.2, 0.25) is 10.0 Å². The van der Waals surface area contributed by atoms with Crippen molar-refractivity contribution >= 4 is 38.9 Å². The number of hydrogen-bond donors (Lipinski definition) is 1. The summed E-state index contributed by atoms with van der Waals surface area (Å²) in [4.78, 5) is 16.7. The van der Waals surface area contributed by atoms with Crippen LogP contribution in [0.1, 0.15) is 16.1 Å². The van der Waals surface area contributed by atoms with Crippen molar-refractivity contribution in [1.82, 2.24) is 9.71 Å². The van der Waals surface area contributed by atoms with Crippen molar-refractivity contribution in [3.63, 3.8) is 0 Å². The Hall–Kier alpha value is -2.26. The van der Waals surface area contributed by atoms with Crippen LogP contribution in [0.5, 0.6) is 0 Å². The van der Waals surface area contributed by atoms with Crippen LogP contribution in [0.15, 0.2) is 58.8 Å². The quantitative estimate of drug-likeness (QED) is 0.612. The first-order chi connectivity index (χ1) is 12.9. The molecule has 0 radical (unpaired) electrons. The number of nitrogens with zero attached hydrogens (tertiary/aromatic N) is 1. The fraction of sp³-hybridized carbons (Fsp3) is 0.111. The molecule has 3 rings (SSSR count). The Labute approximate surface area is 165 Å². The van der Waals surface area contributed by atoms with Crippen LogP contribution in [0.2, 0.25) is 5.02 Å². The molecule has 140 valence electrons. The molecule has 0 unspecified atom stereocenters.